The molecule has 8 nitrogen and oxygen atoms in total. The summed E-state index contributed by atoms with van der Waals surface area (Å²) in [5.41, 5.74) is 4.77. The molecule has 6 rings (SSSR count). The van der Waals surface area contributed by atoms with Crippen molar-refractivity contribution in [2.45, 2.75) is 18.9 Å². The first kappa shape index (κ1) is 16.1. The van der Waals surface area contributed by atoms with Crippen molar-refractivity contribution >= 4 is 28.0 Å². The Bertz CT molecular complexity index is 1390. The van der Waals surface area contributed by atoms with Crippen LogP contribution in [-0.2, 0) is 0 Å². The molecule has 0 saturated heterocycles. The summed E-state index contributed by atoms with van der Waals surface area (Å²) in [5, 5.41) is 3.51. The number of nitrogens with zero attached hydrogens (tertiary/aromatic N) is 6. The average Bonchev–Trinajstić information content (AvgIpc) is 3.36. The second kappa shape index (κ2) is 5.81. The molecule has 0 amide bonds. The second-order valence-corrected chi connectivity index (χ2v) is 7.11. The van der Waals surface area contributed by atoms with Gasteiger partial charge in [-0.05, 0) is 23.8 Å². The molecule has 1 aliphatic heterocycles. The van der Waals surface area contributed by atoms with Crippen LogP contribution >= 0.6 is 0 Å². The fourth-order valence-corrected chi connectivity index (χ4v) is 4.11. The summed E-state index contributed by atoms with van der Waals surface area (Å²) in [6.07, 6.45) is 6.65. The predicted molar refractivity (Wildman–Crippen MR) is 105 cm³/mol. The average molecular weight is 386 g/mol. The largest absolute Gasteiger partial charge is 0.358 e. The molecule has 2 atom stereocenters. The lowest BCUT2D eigenvalue weighted by Gasteiger charge is -2.32. The van der Waals surface area contributed by atoms with Gasteiger partial charge in [-0.1, -0.05) is 6.92 Å². The topological polar surface area (TPSA) is 97.2 Å². The standard InChI is InChI=1S/C20H15FN8/c1-10-12-4-5-22-7-15(12)29-14-6-11(21)2-3-13(14)27-20(29)16(10)28-19-17-18(24-8-23-17)25-9-26-19/h2-10,16H,1H3,(H2,23,24,25,26,28). The third kappa shape index (κ3) is 2.27. The number of fused-ring (bicyclic) bond motifs is 6. The third-order valence-corrected chi connectivity index (χ3v) is 5.50. The van der Waals surface area contributed by atoms with E-state index in [0.29, 0.717) is 17.0 Å². The molecule has 9 heteroatoms. The minimum absolute atomic E-state index is 0.0788. The number of H-pyrrole nitrogens is 1. The fraction of sp³-hybridized carbons (Fsp3) is 0.150. The van der Waals surface area contributed by atoms with Crippen molar-refractivity contribution in [3.63, 3.8) is 0 Å². The van der Waals surface area contributed by atoms with Gasteiger partial charge < -0.3 is 10.3 Å². The summed E-state index contributed by atoms with van der Waals surface area (Å²) < 4.78 is 16.0. The molecule has 0 bridgehead atoms. The van der Waals surface area contributed by atoms with Gasteiger partial charge in [-0.25, -0.2) is 24.3 Å². The number of halogens is 1. The Labute approximate surface area is 163 Å². The Balaban J connectivity index is 1.59. The van der Waals surface area contributed by atoms with Crippen molar-refractivity contribution < 1.29 is 4.39 Å². The summed E-state index contributed by atoms with van der Waals surface area (Å²) in [5.74, 6) is 1.20. The van der Waals surface area contributed by atoms with Crippen LogP contribution in [0.25, 0.3) is 27.9 Å². The molecule has 4 aromatic heterocycles. The maximum Gasteiger partial charge on any atom is 0.182 e. The van der Waals surface area contributed by atoms with Gasteiger partial charge in [0.25, 0.3) is 0 Å². The van der Waals surface area contributed by atoms with Crippen molar-refractivity contribution in [1.29, 1.82) is 0 Å². The summed E-state index contributed by atoms with van der Waals surface area (Å²) in [4.78, 5) is 25.0. The molecule has 5 aromatic rings. The van der Waals surface area contributed by atoms with E-state index in [9.17, 15) is 4.39 Å². The smallest absolute Gasteiger partial charge is 0.182 e. The van der Waals surface area contributed by atoms with Gasteiger partial charge in [0.1, 0.15) is 23.5 Å². The molecular formula is C20H15FN8. The van der Waals surface area contributed by atoms with Crippen molar-refractivity contribution in [2.24, 2.45) is 0 Å². The summed E-state index contributed by atoms with van der Waals surface area (Å²) >= 11 is 0. The van der Waals surface area contributed by atoms with Gasteiger partial charge in [-0.2, -0.15) is 0 Å². The lowest BCUT2D eigenvalue weighted by molar-refractivity contribution is 0.566. The Morgan fingerprint density at radius 3 is 3.03 bits per heavy atom. The van der Waals surface area contributed by atoms with Gasteiger partial charge in [0.05, 0.1) is 35.3 Å². The van der Waals surface area contributed by atoms with E-state index < -0.39 is 0 Å². The normalized spacial score (nSPS) is 18.0. The number of pyridine rings is 1. The molecule has 1 aromatic carbocycles. The number of rotatable bonds is 2. The summed E-state index contributed by atoms with van der Waals surface area (Å²) in [6, 6.07) is 6.44. The minimum atomic E-state index is -0.302. The maximum absolute atomic E-state index is 14.0. The van der Waals surface area contributed by atoms with Crippen LogP contribution in [0.4, 0.5) is 10.2 Å². The first-order valence-electron chi connectivity index (χ1n) is 9.23. The van der Waals surface area contributed by atoms with Crippen LogP contribution in [0.15, 0.2) is 49.3 Å². The molecule has 0 aliphatic carbocycles. The van der Waals surface area contributed by atoms with E-state index in [1.165, 1.54) is 18.5 Å². The van der Waals surface area contributed by atoms with Gasteiger partial charge in [-0.15, -0.1) is 0 Å². The van der Waals surface area contributed by atoms with Crippen molar-refractivity contribution in [3.05, 3.63) is 66.5 Å². The van der Waals surface area contributed by atoms with Crippen LogP contribution in [0, 0.1) is 5.82 Å². The highest BCUT2D eigenvalue weighted by Crippen LogP contribution is 2.43. The third-order valence-electron chi connectivity index (χ3n) is 5.50. The number of hydrogen-bond donors (Lipinski definition) is 2. The maximum atomic E-state index is 14.0. The Morgan fingerprint density at radius 2 is 2.10 bits per heavy atom. The van der Waals surface area contributed by atoms with E-state index in [4.69, 9.17) is 4.98 Å². The van der Waals surface area contributed by atoms with Crippen LogP contribution in [0.2, 0.25) is 0 Å². The lowest BCUT2D eigenvalue weighted by Crippen LogP contribution is -2.27. The Morgan fingerprint density at radius 1 is 1.17 bits per heavy atom. The van der Waals surface area contributed by atoms with E-state index in [2.05, 4.69) is 37.2 Å². The Kier molecular flexibility index (Phi) is 3.23. The molecule has 0 radical (unpaired) electrons. The first-order chi connectivity index (χ1) is 14.2. The number of imidazole rings is 2. The number of aromatic nitrogens is 7. The molecule has 0 fully saturated rings. The SMILES string of the molecule is CC1c2ccncc2-n2c(nc3ccc(F)cc32)C1Nc1ncnc2nc[nH]c12. The molecule has 142 valence electrons. The molecule has 2 N–H and O–H groups in total. The zero-order valence-electron chi connectivity index (χ0n) is 15.3. The number of aromatic amines is 1. The Hall–Kier alpha value is -3.88. The molecule has 0 saturated carbocycles. The zero-order chi connectivity index (χ0) is 19.5. The van der Waals surface area contributed by atoms with Crippen LogP contribution in [0.1, 0.15) is 30.3 Å². The van der Waals surface area contributed by atoms with Gasteiger partial charge in [-0.3, -0.25) is 9.55 Å². The summed E-state index contributed by atoms with van der Waals surface area (Å²) in [6.45, 7) is 2.13. The molecule has 0 spiro atoms. The van der Waals surface area contributed by atoms with E-state index in [-0.39, 0.29) is 17.8 Å². The van der Waals surface area contributed by atoms with Crippen LogP contribution < -0.4 is 5.32 Å². The summed E-state index contributed by atoms with van der Waals surface area (Å²) in [7, 11) is 0. The first-order valence-corrected chi connectivity index (χ1v) is 9.23. The fourth-order valence-electron chi connectivity index (χ4n) is 4.11. The van der Waals surface area contributed by atoms with E-state index in [0.717, 1.165) is 28.1 Å². The van der Waals surface area contributed by atoms with E-state index in [1.54, 1.807) is 24.8 Å². The monoisotopic (exact) mass is 386 g/mol. The predicted octanol–water partition coefficient (Wildman–Crippen LogP) is 3.50. The van der Waals surface area contributed by atoms with E-state index in [1.807, 2.05) is 10.6 Å². The van der Waals surface area contributed by atoms with Gasteiger partial charge in [0.2, 0.25) is 0 Å². The van der Waals surface area contributed by atoms with E-state index >= 15 is 0 Å². The molecule has 1 aliphatic rings. The van der Waals surface area contributed by atoms with Crippen molar-refractivity contribution in [1.82, 2.24) is 34.5 Å². The highest BCUT2D eigenvalue weighted by Gasteiger charge is 2.34. The molecule has 5 heterocycles. The number of anilines is 1. The molecule has 29 heavy (non-hydrogen) atoms. The number of nitrogens with one attached hydrogen (secondary N) is 2. The number of benzene rings is 1. The van der Waals surface area contributed by atoms with Gasteiger partial charge in [0, 0.05) is 18.2 Å². The molecule has 2 unspecified atom stereocenters. The van der Waals surface area contributed by atoms with Crippen molar-refractivity contribution in [3.8, 4) is 5.69 Å². The van der Waals surface area contributed by atoms with Crippen molar-refractivity contribution in [2.75, 3.05) is 5.32 Å². The number of hydrogen-bond acceptors (Lipinski definition) is 6. The van der Waals surface area contributed by atoms with Crippen LogP contribution in [0.3, 0.4) is 0 Å². The van der Waals surface area contributed by atoms with Crippen LogP contribution in [-0.4, -0.2) is 34.5 Å². The highest BCUT2D eigenvalue weighted by atomic mass is 19.1. The second-order valence-electron chi connectivity index (χ2n) is 7.11. The van der Waals surface area contributed by atoms with Gasteiger partial charge in [0.15, 0.2) is 11.5 Å². The molecular weight excluding hydrogens is 371 g/mol. The minimum Gasteiger partial charge on any atom is -0.358 e. The zero-order valence-corrected chi connectivity index (χ0v) is 15.3. The lowest BCUT2D eigenvalue weighted by atomic mass is 9.89. The quantitative estimate of drug-likeness (QED) is 0.482. The van der Waals surface area contributed by atoms with Gasteiger partial charge >= 0.3 is 0 Å². The highest BCUT2D eigenvalue weighted by molar-refractivity contribution is 5.83. The van der Waals surface area contributed by atoms with Crippen LogP contribution in [0.5, 0.6) is 0 Å².